The van der Waals surface area contributed by atoms with Crippen LogP contribution in [0, 0.1) is 5.41 Å². The fraction of sp³-hybridized carbons (Fsp3) is 0.476. The van der Waals surface area contributed by atoms with E-state index in [4.69, 9.17) is 9.90 Å². The van der Waals surface area contributed by atoms with E-state index in [1.54, 1.807) is 12.3 Å². The number of aliphatic carboxylic acids is 1. The van der Waals surface area contributed by atoms with E-state index >= 15 is 0 Å². The van der Waals surface area contributed by atoms with Gasteiger partial charge in [0.1, 0.15) is 11.4 Å². The average molecular weight is 584 g/mol. The van der Waals surface area contributed by atoms with Crippen molar-refractivity contribution in [1.29, 1.82) is 0 Å². The molecular formula is C21H20F8N8O3. The van der Waals surface area contributed by atoms with Gasteiger partial charge >= 0.3 is 24.9 Å². The number of carbonyl (C=O) groups is 2. The highest BCUT2D eigenvalue weighted by molar-refractivity contribution is 6.08. The van der Waals surface area contributed by atoms with Crippen molar-refractivity contribution in [3.05, 3.63) is 35.9 Å². The van der Waals surface area contributed by atoms with Gasteiger partial charge in [-0.05, 0) is 18.9 Å². The van der Waals surface area contributed by atoms with Crippen LogP contribution in [0.2, 0.25) is 0 Å². The minimum Gasteiger partial charge on any atom is -0.475 e. The number of carboxylic acids is 1. The van der Waals surface area contributed by atoms with E-state index in [0.717, 1.165) is 32.5 Å². The van der Waals surface area contributed by atoms with E-state index in [9.17, 15) is 39.9 Å². The van der Waals surface area contributed by atoms with Crippen molar-refractivity contribution in [3.8, 4) is 0 Å². The zero-order valence-electron chi connectivity index (χ0n) is 20.1. The lowest BCUT2D eigenvalue weighted by Crippen LogP contribution is -2.31. The van der Waals surface area contributed by atoms with Crippen LogP contribution in [-0.4, -0.2) is 73.7 Å². The Morgan fingerprint density at radius 2 is 1.82 bits per heavy atom. The van der Waals surface area contributed by atoms with Crippen molar-refractivity contribution in [1.82, 2.24) is 29.7 Å². The molecule has 2 fully saturated rings. The number of hydrogen-bond donors (Lipinski definition) is 3. The molecule has 19 heteroatoms. The number of hydrogen-bond acceptors (Lipinski definition) is 7. The molecule has 0 radical (unpaired) electrons. The van der Waals surface area contributed by atoms with Crippen molar-refractivity contribution >= 4 is 29.0 Å². The van der Waals surface area contributed by atoms with Crippen molar-refractivity contribution in [2.24, 2.45) is 5.41 Å². The van der Waals surface area contributed by atoms with Gasteiger partial charge in [0.2, 0.25) is 0 Å². The smallest absolute Gasteiger partial charge is 0.475 e. The minimum atomic E-state index is -5.08. The topological polar surface area (TPSA) is 130 Å². The van der Waals surface area contributed by atoms with Gasteiger partial charge in [0.25, 0.3) is 5.91 Å². The van der Waals surface area contributed by atoms with Crippen molar-refractivity contribution in [3.63, 3.8) is 0 Å². The summed E-state index contributed by atoms with van der Waals surface area (Å²) >= 11 is 0. The van der Waals surface area contributed by atoms with Crippen LogP contribution in [0.4, 0.5) is 46.6 Å². The van der Waals surface area contributed by atoms with Crippen LogP contribution in [0.15, 0.2) is 24.7 Å². The van der Waals surface area contributed by atoms with Crippen molar-refractivity contribution < 1.29 is 49.8 Å². The maximum absolute atomic E-state index is 13.2. The Balaban J connectivity index is 0.000000470. The first-order valence-corrected chi connectivity index (χ1v) is 11.5. The van der Waals surface area contributed by atoms with Gasteiger partial charge < -0.3 is 20.6 Å². The summed E-state index contributed by atoms with van der Waals surface area (Å²) in [6.45, 7) is -0.0749. The lowest BCUT2D eigenvalue weighted by atomic mass is 10.1. The molecule has 1 amide bonds. The number of halogens is 8. The van der Waals surface area contributed by atoms with Crippen LogP contribution in [0.1, 0.15) is 35.4 Å². The number of carboxylic acid groups (broad SMARTS) is 1. The number of amides is 1. The first-order valence-electron chi connectivity index (χ1n) is 11.5. The van der Waals surface area contributed by atoms with Crippen LogP contribution in [0.3, 0.4) is 0 Å². The highest BCUT2D eigenvalue weighted by atomic mass is 19.4. The Bertz CT molecular complexity index is 1400. The monoisotopic (exact) mass is 584 g/mol. The Morgan fingerprint density at radius 1 is 1.15 bits per heavy atom. The number of nitrogens with one attached hydrogen (secondary N) is 2. The van der Waals surface area contributed by atoms with Gasteiger partial charge in [0.05, 0.1) is 18.1 Å². The van der Waals surface area contributed by atoms with E-state index in [1.165, 1.54) is 10.7 Å². The number of nitrogens with zero attached hydrogens (tertiary/aromatic N) is 6. The Kier molecular flexibility index (Phi) is 7.61. The van der Waals surface area contributed by atoms with Crippen LogP contribution in [0.5, 0.6) is 0 Å². The van der Waals surface area contributed by atoms with E-state index in [1.807, 2.05) is 5.32 Å². The molecule has 40 heavy (non-hydrogen) atoms. The average Bonchev–Trinajstić information content (AvgIpc) is 3.34. The number of rotatable bonds is 4. The first kappa shape index (κ1) is 29.0. The first-order chi connectivity index (χ1) is 18.6. The predicted octanol–water partition coefficient (Wildman–Crippen LogP) is 3.42. The predicted molar refractivity (Wildman–Crippen MR) is 120 cm³/mol. The Labute approximate surface area is 218 Å². The molecule has 1 saturated carbocycles. The minimum absolute atomic E-state index is 0.0937. The van der Waals surface area contributed by atoms with E-state index in [0.29, 0.717) is 18.6 Å². The van der Waals surface area contributed by atoms with Gasteiger partial charge in [0, 0.05) is 37.8 Å². The molecule has 1 aliphatic carbocycles. The summed E-state index contributed by atoms with van der Waals surface area (Å²) in [6, 6.07) is 1.76. The van der Waals surface area contributed by atoms with Gasteiger partial charge in [-0.3, -0.25) is 4.79 Å². The molecule has 218 valence electrons. The summed E-state index contributed by atoms with van der Waals surface area (Å²) in [5.41, 5.74) is -2.24. The summed E-state index contributed by atoms with van der Waals surface area (Å²) in [4.78, 5) is 28.3. The number of anilines is 2. The quantitative estimate of drug-likeness (QED) is 0.398. The van der Waals surface area contributed by atoms with E-state index < -0.39 is 42.2 Å². The standard InChI is InChI=1S/C19H19F5N8O.C2HF3O2/c20-17(21)32-8-12(14(29-32)19(22,23)24)27-16(33)11-7-26-31-5-1-13(28-15(11)31)30-6-4-25-9-18(10-30)2-3-18;3-2(4,5)1(6)7/h1,5,7-8,17,25H,2-4,6,9-10H2,(H,27,33);(H,6,7). The molecule has 1 spiro atoms. The third kappa shape index (κ3) is 6.40. The molecule has 1 aliphatic heterocycles. The summed E-state index contributed by atoms with van der Waals surface area (Å²) in [7, 11) is 0. The molecule has 0 aromatic carbocycles. The molecule has 1 saturated heterocycles. The zero-order valence-corrected chi connectivity index (χ0v) is 20.1. The van der Waals surface area contributed by atoms with E-state index in [-0.39, 0.29) is 21.3 Å². The normalized spacial score (nSPS) is 17.0. The lowest BCUT2D eigenvalue weighted by molar-refractivity contribution is -0.192. The molecule has 4 heterocycles. The second-order valence-corrected chi connectivity index (χ2v) is 9.11. The van der Waals surface area contributed by atoms with Crippen molar-refractivity contribution in [2.45, 2.75) is 31.7 Å². The number of aromatic nitrogens is 5. The summed E-state index contributed by atoms with van der Waals surface area (Å²) < 4.78 is 98.3. The molecule has 11 nitrogen and oxygen atoms in total. The number of carbonyl (C=O) groups excluding carboxylic acids is 1. The molecule has 3 aromatic rings. The molecule has 3 aromatic heterocycles. The van der Waals surface area contributed by atoms with Gasteiger partial charge in [-0.2, -0.15) is 45.3 Å². The molecule has 0 atom stereocenters. The van der Waals surface area contributed by atoms with Crippen LogP contribution in [0.25, 0.3) is 5.65 Å². The van der Waals surface area contributed by atoms with Gasteiger partial charge in [-0.25, -0.2) is 19.0 Å². The fourth-order valence-electron chi connectivity index (χ4n) is 3.99. The van der Waals surface area contributed by atoms with Crippen LogP contribution in [-0.2, 0) is 11.0 Å². The third-order valence-corrected chi connectivity index (χ3v) is 6.16. The van der Waals surface area contributed by atoms with Crippen LogP contribution < -0.4 is 15.5 Å². The largest absolute Gasteiger partial charge is 0.490 e. The molecule has 3 N–H and O–H groups in total. The maximum atomic E-state index is 13.2. The van der Waals surface area contributed by atoms with Crippen molar-refractivity contribution in [2.75, 3.05) is 36.4 Å². The molecular weight excluding hydrogens is 564 g/mol. The summed E-state index contributed by atoms with van der Waals surface area (Å²) in [5, 5.41) is 19.5. The number of fused-ring (bicyclic) bond motifs is 1. The molecule has 0 unspecified atom stereocenters. The number of alkyl halides is 8. The Morgan fingerprint density at radius 3 is 2.40 bits per heavy atom. The van der Waals surface area contributed by atoms with Crippen LogP contribution >= 0.6 is 0 Å². The third-order valence-electron chi connectivity index (χ3n) is 6.16. The lowest BCUT2D eigenvalue weighted by Gasteiger charge is -2.24. The molecule has 5 rings (SSSR count). The molecule has 0 bridgehead atoms. The van der Waals surface area contributed by atoms with Gasteiger partial charge in [0.15, 0.2) is 11.3 Å². The highest BCUT2D eigenvalue weighted by Crippen LogP contribution is 2.46. The highest BCUT2D eigenvalue weighted by Gasteiger charge is 2.45. The maximum Gasteiger partial charge on any atom is 0.490 e. The van der Waals surface area contributed by atoms with E-state index in [2.05, 4.69) is 25.4 Å². The second-order valence-electron chi connectivity index (χ2n) is 9.11. The summed E-state index contributed by atoms with van der Waals surface area (Å²) in [5.74, 6) is -3.11. The van der Waals surface area contributed by atoms with Gasteiger partial charge in [-0.1, -0.05) is 0 Å². The second kappa shape index (κ2) is 10.5. The van der Waals surface area contributed by atoms with Gasteiger partial charge in [-0.15, -0.1) is 0 Å². The SMILES string of the molecule is O=C(Nc1cn(C(F)F)nc1C(F)(F)F)c1cnn2ccc(N3CCNCC4(CC4)C3)nc12.O=C(O)C(F)(F)F. The summed E-state index contributed by atoms with van der Waals surface area (Å²) in [6.07, 6.45) is -4.66. The zero-order chi connectivity index (χ0) is 29.5. The molecule has 2 aliphatic rings. The Hall–Kier alpha value is -4.03. The fourth-order valence-corrected chi connectivity index (χ4v) is 3.99.